The topological polar surface area (TPSA) is 64.9 Å². The highest BCUT2D eigenvalue weighted by molar-refractivity contribution is 5.47. The smallest absolute Gasteiger partial charge is 0.275 e. The van der Waals surface area contributed by atoms with Crippen LogP contribution < -0.4 is 4.74 Å². The largest absolute Gasteiger partial charge is 0.497 e. The normalized spacial score (nSPS) is 19.1. The Morgan fingerprint density at radius 3 is 2.86 bits per heavy atom. The fourth-order valence-corrected chi connectivity index (χ4v) is 1.31. The molecule has 0 amide bonds. The molecule has 5 nitrogen and oxygen atoms in total. The van der Waals surface area contributed by atoms with Gasteiger partial charge in [-0.15, -0.1) is 0 Å². The molecule has 0 bridgehead atoms. The predicted molar refractivity (Wildman–Crippen MR) is 48.3 cm³/mol. The molecule has 1 aliphatic rings. The summed E-state index contributed by atoms with van der Waals surface area (Å²) in [5, 5.41) is 10.7. The maximum Gasteiger partial charge on any atom is 0.275 e. The van der Waals surface area contributed by atoms with Crippen LogP contribution in [-0.2, 0) is 4.74 Å². The summed E-state index contributed by atoms with van der Waals surface area (Å²) in [5.74, 6) is 0.612. The van der Waals surface area contributed by atoms with Gasteiger partial charge in [0, 0.05) is 6.07 Å². The van der Waals surface area contributed by atoms with Crippen LogP contribution in [-0.4, -0.2) is 18.6 Å². The first-order valence-corrected chi connectivity index (χ1v) is 4.16. The van der Waals surface area contributed by atoms with Crippen LogP contribution >= 0.6 is 0 Å². The van der Waals surface area contributed by atoms with Crippen molar-refractivity contribution in [3.8, 4) is 5.75 Å². The average Bonchev–Trinajstić information content (AvgIpc) is 3.00. The van der Waals surface area contributed by atoms with Crippen LogP contribution in [0, 0.1) is 10.1 Å². The van der Waals surface area contributed by atoms with Gasteiger partial charge in [0.05, 0.1) is 24.2 Å². The number of benzene rings is 1. The first-order chi connectivity index (χ1) is 6.72. The molecule has 5 heteroatoms. The molecule has 0 saturated carbocycles. The zero-order chi connectivity index (χ0) is 10.1. The minimum atomic E-state index is -0.406. The maximum atomic E-state index is 10.7. The van der Waals surface area contributed by atoms with Crippen LogP contribution in [0.5, 0.6) is 5.75 Å². The van der Waals surface area contributed by atoms with Gasteiger partial charge in [-0.1, -0.05) is 0 Å². The third-order valence-electron chi connectivity index (χ3n) is 2.11. The number of epoxide rings is 1. The van der Waals surface area contributed by atoms with Crippen LogP contribution in [0.3, 0.4) is 0 Å². The van der Waals surface area contributed by atoms with E-state index < -0.39 is 4.92 Å². The molecule has 14 heavy (non-hydrogen) atoms. The Labute approximate surface area is 80.4 Å². The number of rotatable bonds is 3. The Balaban J connectivity index is 2.43. The molecule has 1 aromatic carbocycles. The van der Waals surface area contributed by atoms with E-state index in [2.05, 4.69) is 0 Å². The van der Waals surface area contributed by atoms with Gasteiger partial charge in [0.2, 0.25) is 0 Å². The molecule has 1 atom stereocenters. The van der Waals surface area contributed by atoms with E-state index in [1.54, 1.807) is 12.1 Å². The van der Waals surface area contributed by atoms with Crippen molar-refractivity contribution in [3.05, 3.63) is 33.9 Å². The van der Waals surface area contributed by atoms with Gasteiger partial charge in [-0.05, 0) is 12.1 Å². The van der Waals surface area contributed by atoms with Gasteiger partial charge in [0.25, 0.3) is 5.69 Å². The third kappa shape index (κ3) is 1.54. The molecule has 1 aliphatic heterocycles. The van der Waals surface area contributed by atoms with Crippen molar-refractivity contribution in [2.24, 2.45) is 0 Å². The van der Waals surface area contributed by atoms with E-state index in [9.17, 15) is 10.1 Å². The molecule has 2 rings (SSSR count). The Bertz CT molecular complexity index is 373. The monoisotopic (exact) mass is 195 g/mol. The molecule has 1 heterocycles. The molecule has 0 radical (unpaired) electrons. The lowest BCUT2D eigenvalue weighted by atomic mass is 10.1. The molecule has 1 aromatic rings. The van der Waals surface area contributed by atoms with Crippen molar-refractivity contribution >= 4 is 5.69 Å². The minimum absolute atomic E-state index is 0.0910. The number of hydrogen-bond donors (Lipinski definition) is 0. The second kappa shape index (κ2) is 3.26. The Morgan fingerprint density at radius 1 is 1.64 bits per heavy atom. The van der Waals surface area contributed by atoms with Gasteiger partial charge in [-0.3, -0.25) is 10.1 Å². The van der Waals surface area contributed by atoms with Crippen molar-refractivity contribution in [1.29, 1.82) is 0 Å². The number of nitro benzene ring substituents is 1. The highest BCUT2D eigenvalue weighted by Gasteiger charge is 2.32. The van der Waals surface area contributed by atoms with Gasteiger partial charge in [-0.25, -0.2) is 0 Å². The summed E-state index contributed by atoms with van der Waals surface area (Å²) in [4.78, 5) is 10.3. The molecule has 74 valence electrons. The summed E-state index contributed by atoms with van der Waals surface area (Å²) in [6.07, 6.45) is -0.134. The first-order valence-electron chi connectivity index (χ1n) is 4.16. The van der Waals surface area contributed by atoms with Gasteiger partial charge < -0.3 is 9.47 Å². The van der Waals surface area contributed by atoms with E-state index in [1.165, 1.54) is 13.2 Å². The highest BCUT2D eigenvalue weighted by atomic mass is 16.6. The highest BCUT2D eigenvalue weighted by Crippen LogP contribution is 2.37. The maximum absolute atomic E-state index is 10.7. The van der Waals surface area contributed by atoms with Gasteiger partial charge in [0.15, 0.2) is 0 Å². The van der Waals surface area contributed by atoms with Crippen LogP contribution in [0.4, 0.5) is 5.69 Å². The van der Waals surface area contributed by atoms with Gasteiger partial charge in [-0.2, -0.15) is 0 Å². The first kappa shape index (κ1) is 8.96. The molecule has 0 spiro atoms. The van der Waals surface area contributed by atoms with Crippen LogP contribution in [0.2, 0.25) is 0 Å². The zero-order valence-electron chi connectivity index (χ0n) is 7.60. The summed E-state index contributed by atoms with van der Waals surface area (Å²) < 4.78 is 10.0. The quantitative estimate of drug-likeness (QED) is 0.418. The fraction of sp³-hybridized carbons (Fsp3) is 0.333. The van der Waals surface area contributed by atoms with Crippen LogP contribution in [0.1, 0.15) is 11.7 Å². The van der Waals surface area contributed by atoms with Crippen molar-refractivity contribution in [2.45, 2.75) is 6.10 Å². The summed E-state index contributed by atoms with van der Waals surface area (Å²) in [5.41, 5.74) is 0.683. The number of methoxy groups -OCH3 is 1. The van der Waals surface area contributed by atoms with Gasteiger partial charge in [0.1, 0.15) is 11.9 Å². The van der Waals surface area contributed by atoms with Crippen molar-refractivity contribution < 1.29 is 14.4 Å². The lowest BCUT2D eigenvalue weighted by Crippen LogP contribution is -1.95. The molecule has 1 fully saturated rings. The summed E-state index contributed by atoms with van der Waals surface area (Å²) in [6.45, 7) is 0.550. The Morgan fingerprint density at radius 2 is 2.36 bits per heavy atom. The standard InChI is InChI=1S/C9H9NO4/c1-13-6-2-3-8(10(11)12)7(4-6)9-5-14-9/h2-4,9H,5H2,1H3/t9-/m1/s1. The van der Waals surface area contributed by atoms with Crippen molar-refractivity contribution in [3.63, 3.8) is 0 Å². The summed E-state index contributed by atoms with van der Waals surface area (Å²) >= 11 is 0. The van der Waals surface area contributed by atoms with Crippen molar-refractivity contribution in [1.82, 2.24) is 0 Å². The lowest BCUT2D eigenvalue weighted by Gasteiger charge is -2.02. The average molecular weight is 195 g/mol. The third-order valence-corrected chi connectivity index (χ3v) is 2.11. The fourth-order valence-electron chi connectivity index (χ4n) is 1.31. The molecule has 0 aliphatic carbocycles. The molecular formula is C9H9NO4. The second-order valence-corrected chi connectivity index (χ2v) is 3.00. The Kier molecular flexibility index (Phi) is 2.09. The van der Waals surface area contributed by atoms with Crippen molar-refractivity contribution in [2.75, 3.05) is 13.7 Å². The van der Waals surface area contributed by atoms with Gasteiger partial charge >= 0.3 is 0 Å². The van der Waals surface area contributed by atoms with Crippen LogP contribution in [0.15, 0.2) is 18.2 Å². The lowest BCUT2D eigenvalue weighted by molar-refractivity contribution is -0.385. The summed E-state index contributed by atoms with van der Waals surface area (Å²) in [7, 11) is 1.53. The summed E-state index contributed by atoms with van der Waals surface area (Å²) in [6, 6.07) is 4.66. The van der Waals surface area contributed by atoms with E-state index in [-0.39, 0.29) is 11.8 Å². The number of nitro groups is 1. The van der Waals surface area contributed by atoms with E-state index in [0.29, 0.717) is 17.9 Å². The van der Waals surface area contributed by atoms with E-state index in [1.807, 2.05) is 0 Å². The van der Waals surface area contributed by atoms with Crippen LogP contribution in [0.25, 0.3) is 0 Å². The molecule has 0 N–H and O–H groups in total. The molecule has 0 aromatic heterocycles. The number of nitrogens with zero attached hydrogens (tertiary/aromatic N) is 1. The molecule has 0 unspecified atom stereocenters. The molecular weight excluding hydrogens is 186 g/mol. The minimum Gasteiger partial charge on any atom is -0.497 e. The number of ether oxygens (including phenoxy) is 2. The Hall–Kier alpha value is -1.62. The second-order valence-electron chi connectivity index (χ2n) is 3.00. The molecule has 1 saturated heterocycles. The van der Waals surface area contributed by atoms with E-state index in [0.717, 1.165) is 0 Å². The SMILES string of the molecule is COc1ccc([N+](=O)[O-])c([C@H]2CO2)c1. The zero-order valence-corrected chi connectivity index (χ0v) is 7.60. The number of hydrogen-bond acceptors (Lipinski definition) is 4. The van der Waals surface area contributed by atoms with E-state index >= 15 is 0 Å². The van der Waals surface area contributed by atoms with E-state index in [4.69, 9.17) is 9.47 Å². The predicted octanol–water partition coefficient (Wildman–Crippen LogP) is 1.67.